The van der Waals surface area contributed by atoms with Gasteiger partial charge in [-0.3, -0.25) is 9.89 Å². The van der Waals surface area contributed by atoms with E-state index in [0.717, 1.165) is 35.6 Å². The molecule has 1 amide bonds. The topological polar surface area (TPSA) is 83.6 Å². The maximum absolute atomic E-state index is 12.5. The molecular weight excluding hydrogens is 314 g/mol. The molecule has 0 aliphatic heterocycles. The number of aromatic amines is 1. The van der Waals surface area contributed by atoms with Crippen LogP contribution in [0, 0.1) is 12.3 Å². The number of hydrogen-bond donors (Lipinski definition) is 2. The third-order valence-electron chi connectivity index (χ3n) is 4.59. The number of H-pyrrole nitrogens is 1. The number of aryl methyl sites for hydroxylation is 1. The summed E-state index contributed by atoms with van der Waals surface area (Å²) in [4.78, 5) is 21.9. The summed E-state index contributed by atoms with van der Waals surface area (Å²) in [6, 6.07) is 1.65. The zero-order chi connectivity index (χ0) is 18.4. The predicted octanol–water partition coefficient (Wildman–Crippen LogP) is 3.25. The molecule has 0 aromatic carbocycles. The number of nitrogens with one attached hydrogen (secondary N) is 2. The standard InChI is InChI=1S/C19H27N5O/c1-11-7-13(24-23-11)16(25)21-14-8-19(5,6)9-15-12(14)10-20-17(22-15)18(2,3)4/h7,10,14H,8-9H2,1-6H3,(H,21,25)(H,23,24). The molecule has 2 aromatic heterocycles. The Morgan fingerprint density at radius 1 is 1.36 bits per heavy atom. The summed E-state index contributed by atoms with van der Waals surface area (Å²) in [5.41, 5.74) is 3.31. The third kappa shape index (κ3) is 3.72. The van der Waals surface area contributed by atoms with Gasteiger partial charge in [-0.1, -0.05) is 34.6 Å². The van der Waals surface area contributed by atoms with Crippen molar-refractivity contribution in [1.82, 2.24) is 25.5 Å². The van der Waals surface area contributed by atoms with Crippen molar-refractivity contribution in [3.05, 3.63) is 40.7 Å². The van der Waals surface area contributed by atoms with Gasteiger partial charge in [0.1, 0.15) is 11.5 Å². The van der Waals surface area contributed by atoms with Crippen LogP contribution in [-0.4, -0.2) is 26.1 Å². The Balaban J connectivity index is 1.92. The summed E-state index contributed by atoms with van der Waals surface area (Å²) < 4.78 is 0. The zero-order valence-electron chi connectivity index (χ0n) is 15.9. The molecule has 0 saturated heterocycles. The molecule has 6 heteroatoms. The fourth-order valence-electron chi connectivity index (χ4n) is 3.30. The van der Waals surface area contributed by atoms with Crippen molar-refractivity contribution in [3.63, 3.8) is 0 Å². The number of rotatable bonds is 2. The molecule has 2 heterocycles. The maximum Gasteiger partial charge on any atom is 0.272 e. The van der Waals surface area contributed by atoms with Crippen molar-refractivity contribution in [2.45, 2.75) is 65.8 Å². The number of nitrogens with zero attached hydrogens (tertiary/aromatic N) is 3. The van der Waals surface area contributed by atoms with Gasteiger partial charge in [-0.15, -0.1) is 0 Å². The third-order valence-corrected chi connectivity index (χ3v) is 4.59. The first-order valence-corrected chi connectivity index (χ1v) is 8.74. The van der Waals surface area contributed by atoms with Gasteiger partial charge in [-0.05, 0) is 31.2 Å². The summed E-state index contributed by atoms with van der Waals surface area (Å²) in [6.45, 7) is 12.6. The van der Waals surface area contributed by atoms with Crippen molar-refractivity contribution in [3.8, 4) is 0 Å². The smallest absolute Gasteiger partial charge is 0.272 e. The van der Waals surface area contributed by atoms with E-state index in [9.17, 15) is 4.79 Å². The van der Waals surface area contributed by atoms with Crippen LogP contribution in [0.25, 0.3) is 0 Å². The van der Waals surface area contributed by atoms with Crippen LogP contribution < -0.4 is 5.32 Å². The van der Waals surface area contributed by atoms with E-state index in [1.165, 1.54) is 0 Å². The summed E-state index contributed by atoms with van der Waals surface area (Å²) in [6.07, 6.45) is 3.63. The number of amides is 1. The fraction of sp³-hybridized carbons (Fsp3) is 0.579. The lowest BCUT2D eigenvalue weighted by Gasteiger charge is -2.37. The molecule has 1 atom stereocenters. The molecular formula is C19H27N5O. The Morgan fingerprint density at radius 3 is 2.68 bits per heavy atom. The van der Waals surface area contributed by atoms with E-state index in [4.69, 9.17) is 4.98 Å². The van der Waals surface area contributed by atoms with Crippen molar-refractivity contribution < 1.29 is 4.79 Å². The first-order chi connectivity index (χ1) is 11.5. The van der Waals surface area contributed by atoms with Crippen molar-refractivity contribution >= 4 is 5.91 Å². The number of hydrogen-bond acceptors (Lipinski definition) is 4. The largest absolute Gasteiger partial charge is 0.344 e. The van der Waals surface area contributed by atoms with E-state index in [0.29, 0.717) is 5.69 Å². The zero-order valence-corrected chi connectivity index (χ0v) is 15.9. The van der Waals surface area contributed by atoms with Crippen LogP contribution in [0.2, 0.25) is 0 Å². The van der Waals surface area contributed by atoms with Gasteiger partial charge in [0, 0.05) is 28.6 Å². The van der Waals surface area contributed by atoms with Crippen LogP contribution in [0.3, 0.4) is 0 Å². The Hall–Kier alpha value is -2.24. The average Bonchev–Trinajstić information content (AvgIpc) is 2.91. The van der Waals surface area contributed by atoms with Crippen LogP contribution in [-0.2, 0) is 11.8 Å². The quantitative estimate of drug-likeness (QED) is 0.878. The van der Waals surface area contributed by atoms with Crippen molar-refractivity contribution in [1.29, 1.82) is 0 Å². The molecule has 1 aliphatic carbocycles. The molecule has 1 aliphatic rings. The van der Waals surface area contributed by atoms with Crippen molar-refractivity contribution in [2.24, 2.45) is 5.41 Å². The van der Waals surface area contributed by atoms with Crippen LogP contribution in [0.1, 0.15) is 80.3 Å². The van der Waals surface area contributed by atoms with Gasteiger partial charge in [-0.25, -0.2) is 9.97 Å². The number of aromatic nitrogens is 4. The van der Waals surface area contributed by atoms with E-state index in [1.54, 1.807) is 6.07 Å². The molecule has 6 nitrogen and oxygen atoms in total. The van der Waals surface area contributed by atoms with E-state index in [1.807, 2.05) is 13.1 Å². The van der Waals surface area contributed by atoms with Gasteiger partial charge in [0.15, 0.2) is 0 Å². The summed E-state index contributed by atoms with van der Waals surface area (Å²) in [5.74, 6) is 0.676. The minimum absolute atomic E-state index is 0.0654. The monoisotopic (exact) mass is 341 g/mol. The Kier molecular flexibility index (Phi) is 4.17. The van der Waals surface area contributed by atoms with Gasteiger partial charge in [-0.2, -0.15) is 5.10 Å². The van der Waals surface area contributed by atoms with Crippen LogP contribution in [0.4, 0.5) is 0 Å². The predicted molar refractivity (Wildman–Crippen MR) is 96.4 cm³/mol. The van der Waals surface area contributed by atoms with Crippen molar-refractivity contribution in [2.75, 3.05) is 0 Å². The SMILES string of the molecule is Cc1cc(C(=O)NC2CC(C)(C)Cc3nc(C(C)(C)C)ncc32)n[nH]1. The molecule has 3 rings (SSSR count). The molecule has 0 spiro atoms. The summed E-state index contributed by atoms with van der Waals surface area (Å²) in [7, 11) is 0. The Labute approximate surface area is 148 Å². The lowest BCUT2D eigenvalue weighted by Crippen LogP contribution is -2.37. The molecule has 2 aromatic rings. The van der Waals surface area contributed by atoms with Gasteiger partial charge in [0.05, 0.1) is 6.04 Å². The fourth-order valence-corrected chi connectivity index (χ4v) is 3.30. The Morgan fingerprint density at radius 2 is 2.08 bits per heavy atom. The maximum atomic E-state index is 12.5. The number of fused-ring (bicyclic) bond motifs is 1. The highest BCUT2D eigenvalue weighted by atomic mass is 16.2. The Bertz CT molecular complexity index is 800. The summed E-state index contributed by atoms with van der Waals surface area (Å²) >= 11 is 0. The lowest BCUT2D eigenvalue weighted by atomic mass is 9.74. The number of carbonyl (C=O) groups excluding carboxylic acids is 1. The first kappa shape index (κ1) is 17.6. The van der Waals surface area contributed by atoms with Gasteiger partial charge in [0.25, 0.3) is 5.91 Å². The molecule has 0 saturated carbocycles. The normalized spacial score (nSPS) is 19.4. The highest BCUT2D eigenvalue weighted by Crippen LogP contribution is 2.40. The molecule has 1 unspecified atom stereocenters. The van der Waals surface area contributed by atoms with E-state index in [-0.39, 0.29) is 22.8 Å². The molecule has 0 radical (unpaired) electrons. The average molecular weight is 341 g/mol. The minimum atomic E-state index is -0.169. The minimum Gasteiger partial charge on any atom is -0.344 e. The molecule has 2 N–H and O–H groups in total. The van der Waals surface area contributed by atoms with Gasteiger partial charge >= 0.3 is 0 Å². The first-order valence-electron chi connectivity index (χ1n) is 8.74. The molecule has 0 bridgehead atoms. The second-order valence-corrected chi connectivity index (χ2v) is 8.85. The second kappa shape index (κ2) is 5.93. The van der Waals surface area contributed by atoms with E-state index < -0.39 is 0 Å². The highest BCUT2D eigenvalue weighted by molar-refractivity contribution is 5.92. The highest BCUT2D eigenvalue weighted by Gasteiger charge is 2.35. The van der Waals surface area contributed by atoms with Gasteiger partial charge < -0.3 is 5.32 Å². The second-order valence-electron chi connectivity index (χ2n) is 8.85. The summed E-state index contributed by atoms with van der Waals surface area (Å²) in [5, 5.41) is 9.98. The molecule has 0 fully saturated rings. The number of carbonyl (C=O) groups is 1. The van der Waals surface area contributed by atoms with Gasteiger partial charge in [0.2, 0.25) is 0 Å². The van der Waals surface area contributed by atoms with Crippen LogP contribution in [0.15, 0.2) is 12.3 Å². The molecule has 25 heavy (non-hydrogen) atoms. The van der Waals surface area contributed by atoms with Crippen LogP contribution >= 0.6 is 0 Å². The lowest BCUT2D eigenvalue weighted by molar-refractivity contribution is 0.0913. The van der Waals surface area contributed by atoms with Crippen LogP contribution in [0.5, 0.6) is 0 Å². The van der Waals surface area contributed by atoms with E-state index >= 15 is 0 Å². The van der Waals surface area contributed by atoms with E-state index in [2.05, 4.69) is 55.1 Å². The molecule has 134 valence electrons.